The van der Waals surface area contributed by atoms with Gasteiger partial charge in [0.25, 0.3) is 0 Å². The van der Waals surface area contributed by atoms with Gasteiger partial charge in [0, 0.05) is 31.5 Å². The molecule has 0 aromatic heterocycles. The number of methoxy groups -OCH3 is 1. The van der Waals surface area contributed by atoms with Crippen molar-refractivity contribution in [2.45, 2.75) is 19.9 Å². The van der Waals surface area contributed by atoms with Crippen molar-refractivity contribution < 1.29 is 14.6 Å². The maximum absolute atomic E-state index is 10.4. The molecule has 0 radical (unpaired) electrons. The largest absolute Gasteiger partial charge is 0.478 e. The second-order valence-corrected chi connectivity index (χ2v) is 4.54. The highest BCUT2D eigenvalue weighted by atomic mass is 16.5. The molecule has 0 amide bonds. The van der Waals surface area contributed by atoms with Crippen molar-refractivity contribution in [2.24, 2.45) is 0 Å². The first-order chi connectivity index (χ1) is 9.04. The van der Waals surface area contributed by atoms with Crippen molar-refractivity contribution in [1.82, 2.24) is 0 Å². The van der Waals surface area contributed by atoms with E-state index in [1.807, 2.05) is 24.3 Å². The van der Waals surface area contributed by atoms with Gasteiger partial charge in [-0.3, -0.25) is 0 Å². The van der Waals surface area contributed by atoms with Crippen LogP contribution in [0.15, 0.2) is 30.3 Å². The summed E-state index contributed by atoms with van der Waals surface area (Å²) in [6, 6.07) is 8.21. The minimum absolute atomic E-state index is 0.385. The fraction of sp³-hybridized carbons (Fsp3) is 0.400. The van der Waals surface area contributed by atoms with Crippen LogP contribution >= 0.6 is 0 Å². The van der Waals surface area contributed by atoms with Gasteiger partial charge in [-0.1, -0.05) is 12.1 Å². The summed E-state index contributed by atoms with van der Waals surface area (Å²) in [5.41, 5.74) is 1.99. The van der Waals surface area contributed by atoms with Crippen LogP contribution in [0.1, 0.15) is 19.4 Å². The Morgan fingerprint density at radius 2 is 2.00 bits per heavy atom. The van der Waals surface area contributed by atoms with Crippen LogP contribution in [0.4, 0.5) is 5.69 Å². The quantitative estimate of drug-likeness (QED) is 0.768. The summed E-state index contributed by atoms with van der Waals surface area (Å²) in [4.78, 5) is 12.7. The lowest BCUT2D eigenvalue weighted by Crippen LogP contribution is -2.33. The summed E-state index contributed by atoms with van der Waals surface area (Å²) in [7, 11) is 1.69. The Hall–Kier alpha value is -1.81. The number of carboxylic acid groups (broad SMARTS) is 1. The van der Waals surface area contributed by atoms with Crippen LogP contribution in [0, 0.1) is 0 Å². The maximum Gasteiger partial charge on any atom is 0.328 e. The van der Waals surface area contributed by atoms with E-state index in [1.165, 1.54) is 0 Å². The molecule has 1 rings (SSSR count). The zero-order valence-electron chi connectivity index (χ0n) is 11.7. The summed E-state index contributed by atoms with van der Waals surface area (Å²) in [5, 5.41) is 8.58. The van der Waals surface area contributed by atoms with E-state index in [1.54, 1.807) is 13.2 Å². The molecule has 4 heteroatoms. The van der Waals surface area contributed by atoms with Crippen molar-refractivity contribution in [3.8, 4) is 0 Å². The van der Waals surface area contributed by atoms with E-state index < -0.39 is 5.97 Å². The molecular formula is C15H21NO3. The monoisotopic (exact) mass is 263 g/mol. The Balaban J connectivity index is 2.80. The van der Waals surface area contributed by atoms with Gasteiger partial charge in [0.2, 0.25) is 0 Å². The molecule has 0 aliphatic carbocycles. The summed E-state index contributed by atoms with van der Waals surface area (Å²) < 4.78 is 5.11. The van der Waals surface area contributed by atoms with Gasteiger partial charge in [-0.2, -0.15) is 0 Å². The summed E-state index contributed by atoms with van der Waals surface area (Å²) in [6.45, 7) is 5.78. The summed E-state index contributed by atoms with van der Waals surface area (Å²) >= 11 is 0. The molecule has 1 aromatic carbocycles. The van der Waals surface area contributed by atoms with Gasteiger partial charge in [-0.15, -0.1) is 0 Å². The third-order valence-corrected chi connectivity index (χ3v) is 2.80. The first-order valence-electron chi connectivity index (χ1n) is 6.31. The average Bonchev–Trinajstić information content (AvgIpc) is 2.37. The van der Waals surface area contributed by atoms with Gasteiger partial charge in [-0.25, -0.2) is 4.79 Å². The number of carbonyl (C=O) groups is 1. The van der Waals surface area contributed by atoms with Crippen molar-refractivity contribution in [3.63, 3.8) is 0 Å². The van der Waals surface area contributed by atoms with E-state index in [0.717, 1.165) is 23.9 Å². The number of hydrogen-bond acceptors (Lipinski definition) is 3. The van der Waals surface area contributed by atoms with E-state index in [0.29, 0.717) is 12.6 Å². The van der Waals surface area contributed by atoms with Crippen LogP contribution in [-0.2, 0) is 9.53 Å². The molecule has 0 bridgehead atoms. The van der Waals surface area contributed by atoms with Gasteiger partial charge >= 0.3 is 5.97 Å². The SMILES string of the molecule is COCCN(c1ccc(/C=C/C(=O)O)cc1)C(C)C. The number of ether oxygens (including phenoxy) is 1. The zero-order chi connectivity index (χ0) is 14.3. The number of rotatable bonds is 7. The van der Waals surface area contributed by atoms with Gasteiger partial charge in [-0.05, 0) is 37.6 Å². The summed E-state index contributed by atoms with van der Waals surface area (Å²) in [5.74, 6) is -0.937. The molecule has 19 heavy (non-hydrogen) atoms. The molecular weight excluding hydrogens is 242 g/mol. The number of benzene rings is 1. The predicted molar refractivity (Wildman–Crippen MR) is 77.5 cm³/mol. The molecule has 1 aromatic rings. The van der Waals surface area contributed by atoms with E-state index in [4.69, 9.17) is 9.84 Å². The number of carboxylic acids is 1. The van der Waals surface area contributed by atoms with Gasteiger partial charge in [0.1, 0.15) is 0 Å². The second kappa shape index (κ2) is 7.59. The molecule has 0 saturated heterocycles. The van der Waals surface area contributed by atoms with Crippen molar-refractivity contribution in [1.29, 1.82) is 0 Å². The fourth-order valence-corrected chi connectivity index (χ4v) is 1.82. The van der Waals surface area contributed by atoms with Crippen LogP contribution in [-0.4, -0.2) is 37.4 Å². The molecule has 4 nitrogen and oxygen atoms in total. The molecule has 0 heterocycles. The lowest BCUT2D eigenvalue weighted by atomic mass is 10.1. The zero-order valence-corrected chi connectivity index (χ0v) is 11.7. The molecule has 0 unspecified atom stereocenters. The highest BCUT2D eigenvalue weighted by Gasteiger charge is 2.09. The lowest BCUT2D eigenvalue weighted by molar-refractivity contribution is -0.131. The van der Waals surface area contributed by atoms with E-state index >= 15 is 0 Å². The minimum atomic E-state index is -0.937. The van der Waals surface area contributed by atoms with E-state index in [-0.39, 0.29) is 0 Å². The molecule has 0 fully saturated rings. The van der Waals surface area contributed by atoms with E-state index in [9.17, 15) is 4.79 Å². The predicted octanol–water partition coefficient (Wildman–Crippen LogP) is 2.65. The Labute approximate surface area is 114 Å². The number of aliphatic carboxylic acids is 1. The molecule has 1 N–H and O–H groups in total. The third-order valence-electron chi connectivity index (χ3n) is 2.80. The molecule has 0 saturated carbocycles. The Morgan fingerprint density at radius 1 is 1.37 bits per heavy atom. The minimum Gasteiger partial charge on any atom is -0.478 e. The first kappa shape index (κ1) is 15.2. The van der Waals surface area contributed by atoms with Crippen LogP contribution in [0.2, 0.25) is 0 Å². The molecule has 0 aliphatic rings. The smallest absolute Gasteiger partial charge is 0.328 e. The topological polar surface area (TPSA) is 49.8 Å². The highest BCUT2D eigenvalue weighted by Crippen LogP contribution is 2.18. The van der Waals surface area contributed by atoms with E-state index in [2.05, 4.69) is 18.7 Å². The van der Waals surface area contributed by atoms with Crippen LogP contribution < -0.4 is 4.90 Å². The number of hydrogen-bond donors (Lipinski definition) is 1. The van der Waals surface area contributed by atoms with Crippen molar-refractivity contribution >= 4 is 17.7 Å². The Kier molecular flexibility index (Phi) is 6.09. The molecule has 0 aliphatic heterocycles. The normalized spacial score (nSPS) is 11.2. The van der Waals surface area contributed by atoms with Gasteiger partial charge in [0.15, 0.2) is 0 Å². The average molecular weight is 263 g/mol. The Bertz CT molecular complexity index is 424. The standard InChI is InChI=1S/C15H21NO3/c1-12(2)16(10-11-19-3)14-7-4-13(5-8-14)6-9-15(17)18/h4-9,12H,10-11H2,1-3H3,(H,17,18)/b9-6+. The van der Waals surface area contributed by atoms with Crippen molar-refractivity contribution in [3.05, 3.63) is 35.9 Å². The van der Waals surface area contributed by atoms with Crippen LogP contribution in [0.5, 0.6) is 0 Å². The third kappa shape index (κ3) is 5.14. The highest BCUT2D eigenvalue weighted by molar-refractivity contribution is 5.85. The maximum atomic E-state index is 10.4. The molecule has 104 valence electrons. The Morgan fingerprint density at radius 3 is 2.47 bits per heavy atom. The van der Waals surface area contributed by atoms with Crippen LogP contribution in [0.3, 0.4) is 0 Å². The van der Waals surface area contributed by atoms with Crippen LogP contribution in [0.25, 0.3) is 6.08 Å². The van der Waals surface area contributed by atoms with Crippen molar-refractivity contribution in [2.75, 3.05) is 25.2 Å². The lowest BCUT2D eigenvalue weighted by Gasteiger charge is -2.28. The number of anilines is 1. The summed E-state index contributed by atoms with van der Waals surface area (Å²) in [6.07, 6.45) is 2.72. The van der Waals surface area contributed by atoms with Gasteiger partial charge < -0.3 is 14.7 Å². The number of nitrogens with zero attached hydrogens (tertiary/aromatic N) is 1. The first-order valence-corrected chi connectivity index (χ1v) is 6.31. The molecule has 0 atom stereocenters. The molecule has 0 spiro atoms. The fourth-order valence-electron chi connectivity index (χ4n) is 1.82. The van der Waals surface area contributed by atoms with Gasteiger partial charge in [0.05, 0.1) is 6.61 Å². The second-order valence-electron chi connectivity index (χ2n) is 4.54.